The van der Waals surface area contributed by atoms with Crippen LogP contribution in [0, 0.1) is 0 Å². The van der Waals surface area contributed by atoms with E-state index in [0.717, 1.165) is 0 Å². The van der Waals surface area contributed by atoms with E-state index in [1.165, 1.54) is 6.92 Å². The van der Waals surface area contributed by atoms with Gasteiger partial charge in [-0.2, -0.15) is 0 Å². The fourth-order valence-electron chi connectivity index (χ4n) is 0.169. The Morgan fingerprint density at radius 2 is 2.12 bits per heavy atom. The van der Waals surface area contributed by atoms with Crippen LogP contribution >= 0.6 is 11.6 Å². The standard InChI is InChI=1S/C4H6ClNO2/c1-2(6)3(5)4(7)8/h6H2,1H3,(H,7,8). The van der Waals surface area contributed by atoms with Crippen LogP contribution < -0.4 is 5.73 Å². The highest BCUT2D eigenvalue weighted by molar-refractivity contribution is 6.41. The van der Waals surface area contributed by atoms with Crippen molar-refractivity contribution in [3.63, 3.8) is 0 Å². The van der Waals surface area contributed by atoms with Crippen LogP contribution in [0.15, 0.2) is 10.7 Å². The van der Waals surface area contributed by atoms with E-state index in [1.54, 1.807) is 0 Å². The molecule has 46 valence electrons. The minimum atomic E-state index is -1.19. The lowest BCUT2D eigenvalue weighted by Crippen LogP contribution is -2.02. The molecule has 0 radical (unpaired) electrons. The highest BCUT2D eigenvalue weighted by Crippen LogP contribution is 2.02. The summed E-state index contributed by atoms with van der Waals surface area (Å²) in [6.07, 6.45) is 0. The second kappa shape index (κ2) is 2.57. The van der Waals surface area contributed by atoms with Crippen LogP contribution in [0.3, 0.4) is 0 Å². The van der Waals surface area contributed by atoms with Crippen LogP contribution in [-0.4, -0.2) is 11.1 Å². The van der Waals surface area contributed by atoms with Crippen molar-refractivity contribution in [2.75, 3.05) is 0 Å². The summed E-state index contributed by atoms with van der Waals surface area (Å²) in [5.74, 6) is -1.19. The lowest BCUT2D eigenvalue weighted by molar-refractivity contribution is -0.131. The predicted octanol–water partition coefficient (Wildman–Crippen LogP) is 0.500. The minimum absolute atomic E-state index is 0.124. The van der Waals surface area contributed by atoms with Gasteiger partial charge in [-0.25, -0.2) is 4.79 Å². The number of aliphatic carboxylic acids is 1. The number of rotatable bonds is 1. The van der Waals surface area contributed by atoms with E-state index in [0.29, 0.717) is 0 Å². The fourth-order valence-corrected chi connectivity index (χ4v) is 0.169. The molecular weight excluding hydrogens is 130 g/mol. The Labute approximate surface area is 51.7 Å². The van der Waals surface area contributed by atoms with Gasteiger partial charge >= 0.3 is 5.97 Å². The molecule has 0 rings (SSSR count). The van der Waals surface area contributed by atoms with E-state index < -0.39 is 5.97 Å². The van der Waals surface area contributed by atoms with E-state index in [2.05, 4.69) is 0 Å². The van der Waals surface area contributed by atoms with Crippen molar-refractivity contribution >= 4 is 17.6 Å². The molecule has 0 atom stereocenters. The second-order valence-electron chi connectivity index (χ2n) is 1.30. The van der Waals surface area contributed by atoms with E-state index in [1.807, 2.05) is 0 Å². The topological polar surface area (TPSA) is 63.3 Å². The van der Waals surface area contributed by atoms with Gasteiger partial charge < -0.3 is 10.8 Å². The maximum absolute atomic E-state index is 9.87. The molecule has 0 aromatic carbocycles. The summed E-state index contributed by atoms with van der Waals surface area (Å²) in [6.45, 7) is 1.43. The van der Waals surface area contributed by atoms with Gasteiger partial charge in [-0.3, -0.25) is 0 Å². The number of carboxylic acid groups (broad SMARTS) is 1. The zero-order valence-corrected chi connectivity index (χ0v) is 5.07. The summed E-state index contributed by atoms with van der Waals surface area (Å²) in [6, 6.07) is 0. The third-order valence-corrected chi connectivity index (χ3v) is 0.994. The van der Waals surface area contributed by atoms with Gasteiger partial charge in [-0.1, -0.05) is 11.6 Å². The largest absolute Gasteiger partial charge is 0.477 e. The van der Waals surface area contributed by atoms with Crippen molar-refractivity contribution in [1.29, 1.82) is 0 Å². The Morgan fingerprint density at radius 1 is 1.75 bits per heavy atom. The Hall–Kier alpha value is -0.700. The molecule has 0 fully saturated rings. The van der Waals surface area contributed by atoms with E-state index >= 15 is 0 Å². The third-order valence-electron chi connectivity index (χ3n) is 0.534. The molecule has 0 aromatic rings. The van der Waals surface area contributed by atoms with E-state index in [4.69, 9.17) is 22.4 Å². The molecule has 3 N–H and O–H groups in total. The SMILES string of the molecule is CC(N)=C(Cl)C(=O)O. The lowest BCUT2D eigenvalue weighted by atomic mass is 10.4. The smallest absolute Gasteiger partial charge is 0.349 e. The van der Waals surface area contributed by atoms with Crippen molar-refractivity contribution in [2.24, 2.45) is 5.73 Å². The van der Waals surface area contributed by atoms with Crippen LogP contribution in [0.25, 0.3) is 0 Å². The molecule has 0 amide bonds. The lowest BCUT2D eigenvalue weighted by Gasteiger charge is -1.90. The molecule has 0 aliphatic carbocycles. The fraction of sp³-hybridized carbons (Fsp3) is 0.250. The van der Waals surface area contributed by atoms with Gasteiger partial charge in [-0.15, -0.1) is 0 Å². The predicted molar refractivity (Wildman–Crippen MR) is 30.4 cm³/mol. The van der Waals surface area contributed by atoms with Crippen LogP contribution in [0.2, 0.25) is 0 Å². The molecule has 0 unspecified atom stereocenters. The molecule has 0 saturated heterocycles. The summed E-state index contributed by atoms with van der Waals surface area (Å²) < 4.78 is 0. The van der Waals surface area contributed by atoms with Crippen LogP contribution in [0.1, 0.15) is 6.92 Å². The third kappa shape index (κ3) is 1.84. The first kappa shape index (κ1) is 7.30. The molecule has 4 heteroatoms. The number of carbonyl (C=O) groups is 1. The van der Waals surface area contributed by atoms with E-state index in [-0.39, 0.29) is 10.7 Å². The van der Waals surface area contributed by atoms with Crippen molar-refractivity contribution in [3.8, 4) is 0 Å². The van der Waals surface area contributed by atoms with Gasteiger partial charge in [0, 0.05) is 5.70 Å². The monoisotopic (exact) mass is 135 g/mol. The summed E-state index contributed by atoms with van der Waals surface area (Å²) in [7, 11) is 0. The quantitative estimate of drug-likeness (QED) is 0.515. The molecule has 3 nitrogen and oxygen atoms in total. The molecule has 0 bridgehead atoms. The summed E-state index contributed by atoms with van der Waals surface area (Å²) in [5, 5.41) is 7.77. The van der Waals surface area contributed by atoms with Gasteiger partial charge in [0.05, 0.1) is 0 Å². The van der Waals surface area contributed by atoms with Crippen LogP contribution in [-0.2, 0) is 4.79 Å². The average Bonchev–Trinajstić information content (AvgIpc) is 1.64. The van der Waals surface area contributed by atoms with Crippen LogP contribution in [0.5, 0.6) is 0 Å². The van der Waals surface area contributed by atoms with Gasteiger partial charge in [-0.05, 0) is 6.92 Å². The first-order valence-electron chi connectivity index (χ1n) is 1.91. The summed E-state index contributed by atoms with van der Waals surface area (Å²) in [4.78, 5) is 9.87. The summed E-state index contributed by atoms with van der Waals surface area (Å²) >= 11 is 5.11. The Morgan fingerprint density at radius 3 is 2.12 bits per heavy atom. The van der Waals surface area contributed by atoms with Crippen molar-refractivity contribution in [2.45, 2.75) is 6.92 Å². The van der Waals surface area contributed by atoms with Gasteiger partial charge in [0.1, 0.15) is 5.03 Å². The van der Waals surface area contributed by atoms with Crippen molar-refractivity contribution in [3.05, 3.63) is 10.7 Å². The molecule has 0 spiro atoms. The van der Waals surface area contributed by atoms with E-state index in [9.17, 15) is 4.79 Å². The van der Waals surface area contributed by atoms with Crippen molar-refractivity contribution in [1.82, 2.24) is 0 Å². The molecule has 0 aliphatic heterocycles. The Balaban J connectivity index is 4.23. The molecule has 0 heterocycles. The summed E-state index contributed by atoms with van der Waals surface area (Å²) in [5.41, 5.74) is 5.13. The molecule has 0 aliphatic rings. The zero-order chi connectivity index (χ0) is 6.73. The number of hydrogen-bond acceptors (Lipinski definition) is 2. The molecule has 0 saturated carbocycles. The first-order chi connectivity index (χ1) is 3.55. The number of carboxylic acids is 1. The van der Waals surface area contributed by atoms with Gasteiger partial charge in [0.2, 0.25) is 0 Å². The normalized spacial score (nSPS) is 12.8. The molecular formula is C4H6ClNO2. The maximum atomic E-state index is 9.87. The number of halogens is 1. The second-order valence-corrected chi connectivity index (χ2v) is 1.68. The highest BCUT2D eigenvalue weighted by Gasteiger charge is 2.03. The minimum Gasteiger partial charge on any atom is -0.477 e. The Kier molecular flexibility index (Phi) is 2.34. The number of nitrogens with two attached hydrogens (primary N) is 1. The average molecular weight is 136 g/mol. The zero-order valence-electron chi connectivity index (χ0n) is 4.31. The first-order valence-corrected chi connectivity index (χ1v) is 2.28. The van der Waals surface area contributed by atoms with Gasteiger partial charge in [0.15, 0.2) is 0 Å². The van der Waals surface area contributed by atoms with Crippen LogP contribution in [0.4, 0.5) is 0 Å². The van der Waals surface area contributed by atoms with Gasteiger partial charge in [0.25, 0.3) is 0 Å². The molecule has 0 aromatic heterocycles. The Bertz CT molecular complexity index is 137. The maximum Gasteiger partial charge on any atom is 0.349 e. The molecule has 8 heavy (non-hydrogen) atoms. The van der Waals surface area contributed by atoms with Crippen molar-refractivity contribution < 1.29 is 9.90 Å². The number of hydrogen-bond donors (Lipinski definition) is 2. The number of allylic oxidation sites excluding steroid dienone is 1. The highest BCUT2D eigenvalue weighted by atomic mass is 35.5.